The van der Waals surface area contributed by atoms with E-state index >= 15 is 0 Å². The van der Waals surface area contributed by atoms with Gasteiger partial charge in [-0.1, -0.05) is 0 Å². The van der Waals surface area contributed by atoms with Gasteiger partial charge < -0.3 is 0 Å². The normalized spacial score (nSPS) is 14.4. The Bertz CT molecular complexity index is 305. The van der Waals surface area contributed by atoms with E-state index in [0.29, 0.717) is 5.92 Å². The molecule has 0 spiro atoms. The van der Waals surface area contributed by atoms with E-state index in [-0.39, 0.29) is 0 Å². The molecule has 3 heteroatoms. The topological polar surface area (TPSA) is 21.3 Å². The van der Waals surface area contributed by atoms with Gasteiger partial charge in [-0.3, -0.25) is 0 Å². The molecule has 0 amide bonds. The predicted molar refractivity (Wildman–Crippen MR) is 79.1 cm³/mol. The van der Waals surface area contributed by atoms with Crippen LogP contribution < -0.4 is 5.32 Å². The molecular formula is C15H25NOSn. The molecule has 0 aromatic heterocycles. The van der Waals surface area contributed by atoms with E-state index in [4.69, 9.17) is 3.07 Å². The first kappa shape index (κ1) is 16.0. The SMILES string of the molecule is CCC[O][Sn][CH](C)CC(CNC)c1ccccc1. The summed E-state index contributed by atoms with van der Waals surface area (Å²) in [6, 6.07) is 10.8. The molecule has 1 N–H and O–H groups in total. The second kappa shape index (κ2) is 9.81. The van der Waals surface area contributed by atoms with Gasteiger partial charge >= 0.3 is 123 Å². The van der Waals surface area contributed by atoms with Gasteiger partial charge in [0.2, 0.25) is 0 Å². The van der Waals surface area contributed by atoms with E-state index < -0.39 is 21.6 Å². The fourth-order valence-electron chi connectivity index (χ4n) is 2.09. The van der Waals surface area contributed by atoms with Crippen LogP contribution in [0.25, 0.3) is 0 Å². The van der Waals surface area contributed by atoms with Crippen molar-refractivity contribution in [1.29, 1.82) is 0 Å². The van der Waals surface area contributed by atoms with Crippen LogP contribution in [-0.4, -0.2) is 41.8 Å². The Kier molecular flexibility index (Phi) is 8.72. The van der Waals surface area contributed by atoms with Crippen molar-refractivity contribution in [2.75, 3.05) is 20.2 Å². The number of likely N-dealkylation sites (N-methyl/N-ethyl adjacent to an activating group) is 1. The fourth-order valence-corrected chi connectivity index (χ4v) is 4.90. The van der Waals surface area contributed by atoms with Crippen LogP contribution in [0, 0.1) is 0 Å². The van der Waals surface area contributed by atoms with E-state index in [1.807, 2.05) is 7.05 Å². The first-order valence-electron chi connectivity index (χ1n) is 6.84. The van der Waals surface area contributed by atoms with Crippen LogP contribution >= 0.6 is 0 Å². The van der Waals surface area contributed by atoms with Gasteiger partial charge in [-0.2, -0.15) is 0 Å². The Morgan fingerprint density at radius 1 is 1.28 bits per heavy atom. The zero-order valence-corrected chi connectivity index (χ0v) is 14.6. The van der Waals surface area contributed by atoms with Crippen molar-refractivity contribution in [2.45, 2.75) is 36.5 Å². The summed E-state index contributed by atoms with van der Waals surface area (Å²) in [5, 5.41) is 3.32. The van der Waals surface area contributed by atoms with E-state index in [1.165, 1.54) is 12.0 Å². The molecule has 2 nitrogen and oxygen atoms in total. The molecule has 2 radical (unpaired) electrons. The van der Waals surface area contributed by atoms with Gasteiger partial charge in [0.1, 0.15) is 0 Å². The van der Waals surface area contributed by atoms with Crippen LogP contribution in [0.5, 0.6) is 0 Å². The first-order valence-corrected chi connectivity index (χ1v) is 9.66. The average Bonchev–Trinajstić information content (AvgIpc) is 2.39. The summed E-state index contributed by atoms with van der Waals surface area (Å²) in [5.41, 5.74) is 1.45. The van der Waals surface area contributed by atoms with Crippen molar-refractivity contribution in [3.63, 3.8) is 0 Å². The molecule has 0 bridgehead atoms. The summed E-state index contributed by atoms with van der Waals surface area (Å²) in [6.45, 7) is 6.55. The van der Waals surface area contributed by atoms with E-state index in [0.717, 1.165) is 23.5 Å². The Balaban J connectivity index is 2.47. The zero-order chi connectivity index (χ0) is 13.2. The number of rotatable bonds is 9. The van der Waals surface area contributed by atoms with Gasteiger partial charge in [-0.05, 0) is 0 Å². The average molecular weight is 354 g/mol. The van der Waals surface area contributed by atoms with Gasteiger partial charge in [0, 0.05) is 0 Å². The van der Waals surface area contributed by atoms with Crippen LogP contribution in [0.4, 0.5) is 0 Å². The molecule has 0 heterocycles. The van der Waals surface area contributed by atoms with Gasteiger partial charge in [0.25, 0.3) is 0 Å². The maximum absolute atomic E-state index is 5.81. The van der Waals surface area contributed by atoms with Crippen LogP contribution in [0.15, 0.2) is 30.3 Å². The van der Waals surface area contributed by atoms with Gasteiger partial charge in [-0.25, -0.2) is 0 Å². The molecule has 1 aromatic carbocycles. The molecule has 18 heavy (non-hydrogen) atoms. The van der Waals surface area contributed by atoms with Gasteiger partial charge in [-0.15, -0.1) is 0 Å². The molecule has 0 aliphatic carbocycles. The quantitative estimate of drug-likeness (QED) is 0.543. The number of hydrogen-bond donors (Lipinski definition) is 1. The fraction of sp³-hybridized carbons (Fsp3) is 0.600. The molecule has 0 saturated heterocycles. The van der Waals surface area contributed by atoms with E-state index in [9.17, 15) is 0 Å². The van der Waals surface area contributed by atoms with Crippen molar-refractivity contribution in [3.8, 4) is 0 Å². The van der Waals surface area contributed by atoms with Crippen LogP contribution in [0.3, 0.4) is 0 Å². The third-order valence-electron chi connectivity index (χ3n) is 2.95. The third kappa shape index (κ3) is 6.21. The van der Waals surface area contributed by atoms with Crippen LogP contribution in [0.1, 0.15) is 38.2 Å². The van der Waals surface area contributed by atoms with Crippen molar-refractivity contribution >= 4 is 21.6 Å². The zero-order valence-electron chi connectivity index (χ0n) is 11.8. The predicted octanol–water partition coefficient (Wildman–Crippen LogP) is 3.23. The molecule has 2 atom stereocenters. The Hall–Kier alpha value is -0.0613. The molecule has 1 rings (SSSR count). The molecule has 0 saturated carbocycles. The second-order valence-corrected chi connectivity index (χ2v) is 9.08. The monoisotopic (exact) mass is 355 g/mol. The summed E-state index contributed by atoms with van der Waals surface area (Å²) < 4.78 is 6.59. The summed E-state index contributed by atoms with van der Waals surface area (Å²) in [7, 11) is 2.04. The second-order valence-electron chi connectivity index (χ2n) is 4.77. The molecule has 0 aliphatic rings. The van der Waals surface area contributed by atoms with Gasteiger partial charge in [0.05, 0.1) is 0 Å². The van der Waals surface area contributed by atoms with Crippen molar-refractivity contribution in [2.24, 2.45) is 0 Å². The van der Waals surface area contributed by atoms with Crippen LogP contribution in [0.2, 0.25) is 3.93 Å². The number of nitrogens with one attached hydrogen (secondary N) is 1. The van der Waals surface area contributed by atoms with E-state index in [1.54, 1.807) is 0 Å². The summed E-state index contributed by atoms with van der Waals surface area (Å²) >= 11 is -0.646. The van der Waals surface area contributed by atoms with Gasteiger partial charge in [0.15, 0.2) is 0 Å². The standard InChI is InChI=1S/C12H18N.C3H7O.Sn/c1-3-7-12(10-13-2)11-8-5-4-6-9-11;1-2-3-4;/h3-6,8-9,12-13H,7,10H2,1-2H3;2-3H2,1H3;/q;-1;+1. The van der Waals surface area contributed by atoms with Crippen molar-refractivity contribution < 1.29 is 3.07 Å². The first-order chi connectivity index (χ1) is 8.77. The van der Waals surface area contributed by atoms with Crippen LogP contribution in [-0.2, 0) is 3.07 Å². The molecule has 0 fully saturated rings. The molecule has 1 aromatic rings. The third-order valence-corrected chi connectivity index (χ3v) is 5.83. The Morgan fingerprint density at radius 2 is 2.00 bits per heavy atom. The van der Waals surface area contributed by atoms with E-state index in [2.05, 4.69) is 49.5 Å². The maximum atomic E-state index is 5.81. The summed E-state index contributed by atoms with van der Waals surface area (Å²) in [6.07, 6.45) is 2.40. The summed E-state index contributed by atoms with van der Waals surface area (Å²) in [4.78, 5) is 0. The Labute approximate surface area is 122 Å². The molecule has 0 aliphatic heterocycles. The number of benzene rings is 1. The number of hydrogen-bond acceptors (Lipinski definition) is 2. The summed E-state index contributed by atoms with van der Waals surface area (Å²) in [5.74, 6) is 0.623. The van der Waals surface area contributed by atoms with Crippen molar-refractivity contribution in [1.82, 2.24) is 5.32 Å². The minimum atomic E-state index is -0.646. The molecular weight excluding hydrogens is 329 g/mol. The Morgan fingerprint density at radius 3 is 2.61 bits per heavy atom. The molecule has 100 valence electrons. The van der Waals surface area contributed by atoms with Crippen molar-refractivity contribution in [3.05, 3.63) is 35.9 Å². The molecule has 2 unspecified atom stereocenters. The minimum absolute atomic E-state index is 0.623.